The van der Waals surface area contributed by atoms with Crippen LogP contribution in [0.1, 0.15) is 91.4 Å². The molecular weight excluding hydrogens is 1390 g/mol. The second kappa shape index (κ2) is 40.2. The Kier molecular flexibility index (Phi) is 32.1. The summed E-state index contributed by atoms with van der Waals surface area (Å²) in [5.74, 6) is -11.6. The first kappa shape index (κ1) is 83.9. The summed E-state index contributed by atoms with van der Waals surface area (Å²) in [6.45, 7) is 2.00. The molecule has 532 valence electrons. The number of benzene rings is 9. The SMILES string of the molecule is C.C.C1CCOC1.COC(=O)[C@H](Cc1ccc(-c2ccc(C#N)cc2Cl)c2ncccc12)NC(=O)c1c(F)cc(C(=O)Nc2ccccc2)cc1F.N#Cc1ccc(-c2ccc(C[C@H](NC(=O)c3c(F)cc(C(=O)Nc4ccccc4)cc3F)C(=O)O)c3cccnc23)c(Cl)c1.Nc1ccccc1.[Li+].[OH-]. The number of carboxylic acid groups (broad SMARTS) is 1. The molecule has 105 heavy (non-hydrogen) atoms. The number of nitrogen functional groups attached to an aromatic ring is 1. The first-order valence-corrected chi connectivity index (χ1v) is 31.7. The average molecular weight is 1460 g/mol. The fraction of sp³-hybridized carbons (Fsp3) is 0.139. The molecule has 3 heterocycles. The van der Waals surface area contributed by atoms with Gasteiger partial charge in [-0.2, -0.15) is 10.5 Å². The van der Waals surface area contributed by atoms with Gasteiger partial charge < -0.3 is 47.1 Å². The van der Waals surface area contributed by atoms with Crippen LogP contribution in [0.5, 0.6) is 0 Å². The van der Waals surface area contributed by atoms with E-state index in [9.17, 15) is 47.9 Å². The number of carbonyl (C=O) groups excluding carboxylic acids is 5. The van der Waals surface area contributed by atoms with Gasteiger partial charge in [0, 0.05) is 110 Å². The molecule has 19 nitrogen and oxygen atoms in total. The Labute approximate surface area is 624 Å². The fourth-order valence-corrected chi connectivity index (χ4v) is 11.1. The molecule has 1 saturated heterocycles. The van der Waals surface area contributed by atoms with Crippen molar-refractivity contribution in [3.8, 4) is 34.4 Å². The first-order valence-electron chi connectivity index (χ1n) is 30.9. The van der Waals surface area contributed by atoms with Crippen molar-refractivity contribution < 1.29 is 85.2 Å². The van der Waals surface area contributed by atoms with Gasteiger partial charge in [-0.1, -0.05) is 141 Å². The summed E-state index contributed by atoms with van der Waals surface area (Å²) in [7, 11) is 1.12. The number of hydrogen-bond acceptors (Lipinski definition) is 14. The van der Waals surface area contributed by atoms with Crippen LogP contribution in [0, 0.1) is 45.9 Å². The number of methoxy groups -OCH3 is 1. The number of pyridine rings is 2. The normalized spacial score (nSPS) is 11.4. The van der Waals surface area contributed by atoms with Gasteiger partial charge in [0.1, 0.15) is 46.5 Å². The number of ether oxygens (including phenoxy) is 2. The van der Waals surface area contributed by atoms with Crippen LogP contribution in [0.25, 0.3) is 44.1 Å². The number of aromatic nitrogens is 2. The van der Waals surface area contributed by atoms with Crippen molar-refractivity contribution in [3.05, 3.63) is 290 Å². The minimum atomic E-state index is -1.57. The van der Waals surface area contributed by atoms with Crippen molar-refractivity contribution in [2.45, 2.75) is 52.6 Å². The quantitative estimate of drug-likeness (QED) is 0.0227. The van der Waals surface area contributed by atoms with E-state index in [2.05, 4.69) is 31.2 Å². The molecule has 0 aliphatic carbocycles. The number of fused-ring (bicyclic) bond motifs is 2. The molecule has 0 unspecified atom stereocenters. The molecule has 9 aromatic carbocycles. The number of carbonyl (C=O) groups is 6. The molecule has 4 amide bonds. The van der Waals surface area contributed by atoms with E-state index < -0.39 is 82.0 Å². The van der Waals surface area contributed by atoms with Gasteiger partial charge in [0.2, 0.25) is 0 Å². The summed E-state index contributed by atoms with van der Waals surface area (Å²) in [5, 5.41) is 39.7. The number of esters is 1. The van der Waals surface area contributed by atoms with E-state index in [1.165, 1.54) is 18.9 Å². The van der Waals surface area contributed by atoms with Gasteiger partial charge in [-0.05, 0) is 121 Å². The largest absolute Gasteiger partial charge is 1.00 e. The molecule has 1 aliphatic rings. The number of nitrogens with zero attached hydrogens (tertiary/aromatic N) is 4. The summed E-state index contributed by atoms with van der Waals surface area (Å²) in [5.41, 5.74) is 9.74. The maximum Gasteiger partial charge on any atom is 1.00 e. The molecule has 8 N–H and O–H groups in total. The second-order valence-electron chi connectivity index (χ2n) is 22.3. The maximum absolute atomic E-state index is 15.1. The average Bonchev–Trinajstić information content (AvgIpc) is 0.872. The van der Waals surface area contributed by atoms with Crippen LogP contribution in [0.4, 0.5) is 34.6 Å². The van der Waals surface area contributed by atoms with Crippen molar-refractivity contribution in [2.75, 3.05) is 36.7 Å². The molecule has 2 aromatic heterocycles. The summed E-state index contributed by atoms with van der Waals surface area (Å²) in [6.07, 6.45) is 5.34. The van der Waals surface area contributed by atoms with Crippen molar-refractivity contribution >= 4 is 97.6 Å². The maximum atomic E-state index is 15.1. The number of nitrogens with two attached hydrogens (primary N) is 1. The van der Waals surface area contributed by atoms with Gasteiger partial charge >= 0.3 is 30.8 Å². The molecule has 26 heteroatoms. The van der Waals surface area contributed by atoms with Gasteiger partial charge in [0.15, 0.2) is 0 Å². The summed E-state index contributed by atoms with van der Waals surface area (Å²) >= 11 is 12.9. The number of rotatable bonds is 16. The van der Waals surface area contributed by atoms with Crippen LogP contribution in [0.3, 0.4) is 0 Å². The molecule has 2 atom stereocenters. The minimum Gasteiger partial charge on any atom is -0.870 e. The van der Waals surface area contributed by atoms with Crippen molar-refractivity contribution in [1.29, 1.82) is 10.5 Å². The third-order valence-electron chi connectivity index (χ3n) is 15.5. The molecule has 12 rings (SSSR count). The second-order valence-corrected chi connectivity index (χ2v) is 23.1. The zero-order valence-corrected chi connectivity index (χ0v) is 56.4. The minimum absolute atomic E-state index is 0. The number of aliphatic carboxylic acids is 1. The summed E-state index contributed by atoms with van der Waals surface area (Å²) in [6, 6.07) is 53.5. The van der Waals surface area contributed by atoms with Crippen LogP contribution in [-0.4, -0.2) is 88.5 Å². The molecule has 11 aromatic rings. The van der Waals surface area contributed by atoms with Gasteiger partial charge in [-0.3, -0.25) is 29.1 Å². The molecular formula is C79H68Cl2F4LiN9O10. The Morgan fingerprint density at radius 2 is 0.905 bits per heavy atom. The van der Waals surface area contributed by atoms with Crippen molar-refractivity contribution in [2.24, 2.45) is 0 Å². The summed E-state index contributed by atoms with van der Waals surface area (Å²) < 4.78 is 69.9. The van der Waals surface area contributed by atoms with Crippen molar-refractivity contribution in [3.63, 3.8) is 0 Å². The molecule has 1 fully saturated rings. The van der Waals surface area contributed by atoms with Crippen LogP contribution >= 0.6 is 23.2 Å². The molecule has 1 aliphatic heterocycles. The number of para-hydroxylation sites is 3. The number of carboxylic acids is 1. The standard InChI is InChI=1S/C34H23ClF2N4O4.C33H21ClF2N4O4.C6H7N.C4H8O.2CH4.Li.H2O/c1-45-34(44)29(41-33(43)30-27(36)15-21(16-28(30)37)32(42)40-22-6-3-2-4-7-22)17-20-10-12-25(31-23(20)8-5-13-39-31)24-11-9-19(18-38)14-26(24)35;34-25-13-18(17-37)8-10-23(25)24-11-9-19(22-7-4-12-38-30(22)24)16-28(33(43)44)40-32(42)29-26(35)14-20(15-27(29)36)31(41)39-21-5-2-1-3-6-21;7-6-4-2-1-3-5-6;1-2-4-5-3-1;;;;/h2-16,29H,17H2,1H3,(H,40,42)(H,41,43);1-15,28H,16H2,(H,39,41)(H,40,42)(H,43,44);1-5H,7H2;1-4H2;2*1H4;;1H2/q;;;;;;+1;/p-1/t29-;28-;;;;;;/m00....../s1. The molecule has 0 bridgehead atoms. The monoisotopic (exact) mass is 1460 g/mol. The van der Waals surface area contributed by atoms with E-state index in [1.807, 2.05) is 42.5 Å². The number of anilines is 3. The first-order chi connectivity index (χ1) is 48.7. The Bertz CT molecular complexity index is 4950. The Morgan fingerprint density at radius 3 is 1.24 bits per heavy atom. The zero-order valence-electron chi connectivity index (χ0n) is 54.9. The topological polar surface area (TPSA) is 319 Å². The van der Waals surface area contributed by atoms with Gasteiger partial charge in [0.05, 0.1) is 41.4 Å². The molecule has 0 radical (unpaired) electrons. The number of halogens is 6. The molecule has 0 saturated carbocycles. The number of nitrogens with one attached hydrogen (secondary N) is 4. The van der Waals surface area contributed by atoms with E-state index in [0.29, 0.717) is 99.9 Å². The van der Waals surface area contributed by atoms with E-state index >= 15 is 8.78 Å². The van der Waals surface area contributed by atoms with Gasteiger partial charge in [-0.25, -0.2) is 27.2 Å². The third kappa shape index (κ3) is 21.9. The van der Waals surface area contributed by atoms with E-state index in [-0.39, 0.29) is 63.2 Å². The van der Waals surface area contributed by atoms with Crippen molar-refractivity contribution in [1.82, 2.24) is 20.6 Å². The Morgan fingerprint density at radius 1 is 0.533 bits per heavy atom. The van der Waals surface area contributed by atoms with Gasteiger partial charge in [0.25, 0.3) is 23.6 Å². The Balaban J connectivity index is 0.000000313. The molecule has 0 spiro atoms. The number of nitriles is 2. The summed E-state index contributed by atoms with van der Waals surface area (Å²) in [4.78, 5) is 85.0. The third-order valence-corrected chi connectivity index (χ3v) is 16.1. The van der Waals surface area contributed by atoms with Gasteiger partial charge in [-0.15, -0.1) is 0 Å². The fourth-order valence-electron chi connectivity index (χ4n) is 10.6. The van der Waals surface area contributed by atoms with Crippen LogP contribution in [0.15, 0.2) is 213 Å². The number of amides is 4. The van der Waals surface area contributed by atoms with Crippen LogP contribution in [0.2, 0.25) is 10.0 Å². The zero-order chi connectivity index (χ0) is 72.1. The van der Waals surface area contributed by atoms with Crippen LogP contribution in [-0.2, 0) is 31.9 Å². The predicted octanol–water partition coefficient (Wildman–Crippen LogP) is 13.0. The Hall–Kier alpha value is -11.8. The van der Waals surface area contributed by atoms with Crippen LogP contribution < -0.4 is 45.9 Å². The predicted molar refractivity (Wildman–Crippen MR) is 391 cm³/mol. The van der Waals surface area contributed by atoms with E-state index in [1.54, 1.807) is 152 Å². The smallest absolute Gasteiger partial charge is 0.870 e. The van der Waals surface area contributed by atoms with E-state index in [0.717, 1.165) is 38.1 Å². The number of hydrogen-bond donors (Lipinski definition) is 6. The van der Waals surface area contributed by atoms with E-state index in [4.69, 9.17) is 43.7 Å².